The minimum Gasteiger partial charge on any atom is -0.370 e. The molecule has 0 atom stereocenters. The van der Waals surface area contributed by atoms with Crippen molar-refractivity contribution < 1.29 is 9.72 Å². The van der Waals surface area contributed by atoms with Crippen molar-refractivity contribution in [2.75, 3.05) is 35.8 Å². The van der Waals surface area contributed by atoms with E-state index in [4.69, 9.17) is 0 Å². The second-order valence-electron chi connectivity index (χ2n) is 6.09. The standard InChI is InChI=1S/C19H21N3O3S2/c1-26-16-6-7-18(22(24)25)17(12-16)19(23)20-13-14-2-4-15(5-3-14)21-8-10-27-11-9-21/h2-7,12H,8-11,13H2,1H3,(H,20,23). The van der Waals surface area contributed by atoms with Crippen molar-refractivity contribution in [1.82, 2.24) is 5.32 Å². The molecule has 1 heterocycles. The lowest BCUT2D eigenvalue weighted by Gasteiger charge is -2.28. The first-order valence-corrected chi connectivity index (χ1v) is 11.0. The SMILES string of the molecule is CSc1ccc([N+](=O)[O-])c(C(=O)NCc2ccc(N3CCSCC3)cc2)c1. The second-order valence-corrected chi connectivity index (χ2v) is 8.19. The number of thioether (sulfide) groups is 2. The normalized spacial score (nSPS) is 14.0. The van der Waals surface area contributed by atoms with Gasteiger partial charge in [-0.3, -0.25) is 14.9 Å². The molecule has 1 aliphatic rings. The molecule has 0 unspecified atom stereocenters. The highest BCUT2D eigenvalue weighted by molar-refractivity contribution is 7.99. The number of amides is 1. The van der Waals surface area contributed by atoms with Gasteiger partial charge in [0.05, 0.1) is 4.92 Å². The lowest BCUT2D eigenvalue weighted by atomic mass is 10.1. The first-order valence-electron chi connectivity index (χ1n) is 8.61. The fraction of sp³-hybridized carbons (Fsp3) is 0.316. The molecule has 0 radical (unpaired) electrons. The van der Waals surface area contributed by atoms with E-state index < -0.39 is 10.8 Å². The highest BCUT2D eigenvalue weighted by Crippen LogP contribution is 2.25. The largest absolute Gasteiger partial charge is 0.370 e. The van der Waals surface area contributed by atoms with Gasteiger partial charge in [0.2, 0.25) is 0 Å². The molecule has 142 valence electrons. The van der Waals surface area contributed by atoms with Gasteiger partial charge in [-0.05, 0) is 36.1 Å². The Bertz CT molecular complexity index is 821. The smallest absolute Gasteiger partial charge is 0.282 e. The summed E-state index contributed by atoms with van der Waals surface area (Å²) in [5, 5.41) is 14.0. The van der Waals surface area contributed by atoms with E-state index in [0.29, 0.717) is 6.54 Å². The van der Waals surface area contributed by atoms with Gasteiger partial charge < -0.3 is 10.2 Å². The van der Waals surface area contributed by atoms with Crippen molar-refractivity contribution in [2.45, 2.75) is 11.4 Å². The van der Waals surface area contributed by atoms with E-state index in [1.165, 1.54) is 23.5 Å². The molecule has 0 spiro atoms. The molecule has 0 saturated carbocycles. The van der Waals surface area contributed by atoms with Gasteiger partial charge in [-0.15, -0.1) is 11.8 Å². The van der Waals surface area contributed by atoms with Crippen molar-refractivity contribution in [3.05, 3.63) is 63.7 Å². The van der Waals surface area contributed by atoms with Crippen molar-refractivity contribution in [3.8, 4) is 0 Å². The predicted molar refractivity (Wildman–Crippen MR) is 112 cm³/mol. The number of benzene rings is 2. The molecule has 1 saturated heterocycles. The zero-order valence-corrected chi connectivity index (χ0v) is 16.6. The summed E-state index contributed by atoms with van der Waals surface area (Å²) in [5.41, 5.74) is 2.06. The van der Waals surface area contributed by atoms with E-state index in [1.807, 2.05) is 30.2 Å². The summed E-state index contributed by atoms with van der Waals surface area (Å²) in [6.45, 7) is 2.43. The van der Waals surface area contributed by atoms with Crippen molar-refractivity contribution in [3.63, 3.8) is 0 Å². The van der Waals surface area contributed by atoms with Gasteiger partial charge in [0, 0.05) is 47.8 Å². The summed E-state index contributed by atoms with van der Waals surface area (Å²) >= 11 is 3.41. The van der Waals surface area contributed by atoms with Gasteiger partial charge >= 0.3 is 0 Å². The lowest BCUT2D eigenvalue weighted by molar-refractivity contribution is -0.385. The monoisotopic (exact) mass is 403 g/mol. The number of nitro groups is 1. The number of nitro benzene ring substituents is 1. The van der Waals surface area contributed by atoms with E-state index in [0.717, 1.165) is 35.1 Å². The quantitative estimate of drug-likeness (QED) is 0.449. The maximum Gasteiger partial charge on any atom is 0.282 e. The maximum absolute atomic E-state index is 12.5. The molecule has 1 amide bonds. The van der Waals surface area contributed by atoms with Crippen LogP contribution in [0.4, 0.5) is 11.4 Å². The first-order chi connectivity index (χ1) is 13.1. The summed E-state index contributed by atoms with van der Waals surface area (Å²) in [5.74, 6) is 1.85. The number of carbonyl (C=O) groups is 1. The fourth-order valence-electron chi connectivity index (χ4n) is 2.91. The molecule has 0 aromatic heterocycles. The Morgan fingerprint density at radius 2 is 1.93 bits per heavy atom. The van der Waals surface area contributed by atoms with E-state index >= 15 is 0 Å². The van der Waals surface area contributed by atoms with Crippen LogP contribution in [0.15, 0.2) is 47.4 Å². The van der Waals surface area contributed by atoms with Crippen LogP contribution in [0.25, 0.3) is 0 Å². The molecule has 0 aliphatic carbocycles. The van der Waals surface area contributed by atoms with Crippen LogP contribution >= 0.6 is 23.5 Å². The van der Waals surface area contributed by atoms with E-state index in [9.17, 15) is 14.9 Å². The Labute approximate surface area is 166 Å². The summed E-state index contributed by atoms with van der Waals surface area (Å²) in [6, 6.07) is 12.7. The van der Waals surface area contributed by atoms with Gasteiger partial charge in [0.15, 0.2) is 0 Å². The van der Waals surface area contributed by atoms with Crippen molar-refractivity contribution >= 4 is 40.8 Å². The average molecular weight is 404 g/mol. The van der Waals surface area contributed by atoms with Gasteiger partial charge in [-0.25, -0.2) is 0 Å². The molecular formula is C19H21N3O3S2. The van der Waals surface area contributed by atoms with Crippen LogP contribution in [0.3, 0.4) is 0 Å². The third kappa shape index (κ3) is 4.95. The number of carbonyl (C=O) groups excluding carboxylic acids is 1. The molecular weight excluding hydrogens is 382 g/mol. The summed E-state index contributed by atoms with van der Waals surface area (Å²) < 4.78 is 0. The third-order valence-electron chi connectivity index (χ3n) is 4.41. The number of rotatable bonds is 6. The third-order valence-corrected chi connectivity index (χ3v) is 6.08. The maximum atomic E-state index is 12.5. The molecule has 2 aromatic rings. The molecule has 1 N–H and O–H groups in total. The summed E-state index contributed by atoms with van der Waals surface area (Å²) in [6.07, 6.45) is 1.87. The Kier molecular flexibility index (Phi) is 6.63. The van der Waals surface area contributed by atoms with Crippen LogP contribution in [-0.2, 0) is 6.54 Å². The van der Waals surface area contributed by atoms with Crippen LogP contribution in [-0.4, -0.2) is 41.7 Å². The van der Waals surface area contributed by atoms with Crippen LogP contribution in [0.5, 0.6) is 0 Å². The zero-order chi connectivity index (χ0) is 19.2. The Balaban J connectivity index is 1.66. The van der Waals surface area contributed by atoms with Gasteiger partial charge in [-0.1, -0.05) is 12.1 Å². The van der Waals surface area contributed by atoms with E-state index in [1.54, 1.807) is 12.1 Å². The Morgan fingerprint density at radius 3 is 2.56 bits per heavy atom. The molecule has 2 aromatic carbocycles. The topological polar surface area (TPSA) is 75.5 Å². The molecule has 27 heavy (non-hydrogen) atoms. The minimum atomic E-state index is -0.523. The van der Waals surface area contributed by atoms with Crippen LogP contribution < -0.4 is 10.2 Å². The summed E-state index contributed by atoms with van der Waals surface area (Å²) in [7, 11) is 0. The molecule has 8 heteroatoms. The summed E-state index contributed by atoms with van der Waals surface area (Å²) in [4.78, 5) is 26.3. The second kappa shape index (κ2) is 9.14. The zero-order valence-electron chi connectivity index (χ0n) is 15.0. The van der Waals surface area contributed by atoms with Crippen LogP contribution in [0, 0.1) is 10.1 Å². The Morgan fingerprint density at radius 1 is 1.22 bits per heavy atom. The van der Waals surface area contributed by atoms with Crippen LogP contribution in [0.2, 0.25) is 0 Å². The molecule has 3 rings (SSSR count). The molecule has 1 fully saturated rings. The minimum absolute atomic E-state index is 0.0919. The van der Waals surface area contributed by atoms with Gasteiger partial charge in [0.1, 0.15) is 5.56 Å². The highest BCUT2D eigenvalue weighted by Gasteiger charge is 2.20. The van der Waals surface area contributed by atoms with Crippen molar-refractivity contribution in [1.29, 1.82) is 0 Å². The molecule has 0 bridgehead atoms. The lowest BCUT2D eigenvalue weighted by Crippen LogP contribution is -2.32. The first kappa shape index (κ1) is 19.6. The van der Waals surface area contributed by atoms with E-state index in [2.05, 4.69) is 22.3 Å². The number of anilines is 1. The van der Waals surface area contributed by atoms with Crippen molar-refractivity contribution in [2.24, 2.45) is 0 Å². The number of hydrogen-bond donors (Lipinski definition) is 1. The average Bonchev–Trinajstić information content (AvgIpc) is 2.72. The highest BCUT2D eigenvalue weighted by atomic mass is 32.2. The van der Waals surface area contributed by atoms with E-state index in [-0.39, 0.29) is 11.3 Å². The van der Waals surface area contributed by atoms with Gasteiger partial charge in [0.25, 0.3) is 11.6 Å². The number of hydrogen-bond acceptors (Lipinski definition) is 6. The predicted octanol–water partition coefficient (Wildman–Crippen LogP) is 3.80. The van der Waals surface area contributed by atoms with Gasteiger partial charge in [-0.2, -0.15) is 11.8 Å². The fourth-order valence-corrected chi connectivity index (χ4v) is 4.25. The van der Waals surface area contributed by atoms with Crippen LogP contribution in [0.1, 0.15) is 15.9 Å². The number of nitrogens with one attached hydrogen (secondary N) is 1. The Hall–Kier alpha value is -2.19. The number of nitrogens with zero attached hydrogens (tertiary/aromatic N) is 2. The molecule has 1 aliphatic heterocycles. The molecule has 6 nitrogen and oxygen atoms in total.